The van der Waals surface area contributed by atoms with Crippen LogP contribution < -0.4 is 21.1 Å². The Bertz CT molecular complexity index is 793. The number of hydrogen-bond acceptors (Lipinski definition) is 5. The fourth-order valence-corrected chi connectivity index (χ4v) is 4.43. The molecule has 2 rings (SSSR count). The van der Waals surface area contributed by atoms with Crippen LogP contribution >= 0.6 is 0 Å². The van der Waals surface area contributed by atoms with E-state index >= 15 is 0 Å². The number of sulfonamides is 1. The Morgan fingerprint density at radius 1 is 1.25 bits per heavy atom. The molecule has 0 aliphatic heterocycles. The van der Waals surface area contributed by atoms with E-state index in [-0.39, 0.29) is 22.4 Å². The van der Waals surface area contributed by atoms with Crippen molar-refractivity contribution < 1.29 is 26.4 Å². The third kappa shape index (κ3) is 6.08. The summed E-state index contributed by atoms with van der Waals surface area (Å²) in [5, 5.41) is 5.27. The molecule has 0 radical (unpaired) electrons. The van der Waals surface area contributed by atoms with Crippen LogP contribution in [0, 0.1) is 5.92 Å². The maximum absolute atomic E-state index is 12.4. The number of anilines is 2. The summed E-state index contributed by atoms with van der Waals surface area (Å²) in [7, 11) is -2.96. The first-order valence-corrected chi connectivity index (χ1v) is 10.5. The largest absolute Gasteiger partial charge is 0.402 e. The van der Waals surface area contributed by atoms with Crippen LogP contribution in [0.2, 0.25) is 0 Å². The molecule has 28 heavy (non-hydrogen) atoms. The van der Waals surface area contributed by atoms with Crippen molar-refractivity contribution >= 4 is 27.3 Å². The second-order valence-corrected chi connectivity index (χ2v) is 8.55. The van der Waals surface area contributed by atoms with E-state index in [4.69, 9.17) is 5.73 Å². The first-order chi connectivity index (χ1) is 13.0. The average Bonchev–Trinajstić information content (AvgIpc) is 2.65. The molecule has 1 fully saturated rings. The number of benzene rings is 1. The lowest BCUT2D eigenvalue weighted by atomic mass is 9.84. The molecule has 0 heterocycles. The summed E-state index contributed by atoms with van der Waals surface area (Å²) in [6, 6.07) is 3.12. The number of rotatable bonds is 7. The topological polar surface area (TPSA) is 113 Å². The molecule has 0 unspecified atom stereocenters. The Morgan fingerprint density at radius 2 is 1.89 bits per heavy atom. The van der Waals surface area contributed by atoms with Crippen LogP contribution in [0.15, 0.2) is 23.1 Å². The minimum absolute atomic E-state index is 0.0544. The molecule has 0 spiro atoms. The molecule has 0 saturated heterocycles. The van der Waals surface area contributed by atoms with E-state index < -0.39 is 28.8 Å². The van der Waals surface area contributed by atoms with Gasteiger partial charge in [-0.1, -0.05) is 19.3 Å². The van der Waals surface area contributed by atoms with E-state index in [0.29, 0.717) is 5.69 Å². The molecule has 7 nitrogen and oxygen atoms in total. The van der Waals surface area contributed by atoms with Crippen molar-refractivity contribution in [3.05, 3.63) is 18.2 Å². The van der Waals surface area contributed by atoms with Gasteiger partial charge in [0, 0.05) is 12.7 Å². The van der Waals surface area contributed by atoms with Gasteiger partial charge in [0.25, 0.3) is 0 Å². The molecule has 11 heteroatoms. The van der Waals surface area contributed by atoms with E-state index in [0.717, 1.165) is 38.2 Å². The Labute approximate surface area is 162 Å². The predicted molar refractivity (Wildman–Crippen MR) is 100 cm³/mol. The summed E-state index contributed by atoms with van der Waals surface area (Å²) in [5.74, 6) is -0.275. The normalized spacial score (nSPS) is 17.2. The van der Waals surface area contributed by atoms with E-state index in [9.17, 15) is 26.4 Å². The van der Waals surface area contributed by atoms with Crippen molar-refractivity contribution in [3.8, 4) is 0 Å². The third-order valence-electron chi connectivity index (χ3n) is 4.73. The van der Waals surface area contributed by atoms with Gasteiger partial charge < -0.3 is 16.4 Å². The fourth-order valence-electron chi connectivity index (χ4n) is 3.22. The van der Waals surface area contributed by atoms with E-state index in [2.05, 4.69) is 10.6 Å². The zero-order valence-electron chi connectivity index (χ0n) is 15.5. The molecule has 1 aliphatic rings. The highest BCUT2D eigenvalue weighted by atomic mass is 32.2. The number of hydrogen-bond donors (Lipinski definition) is 4. The molecule has 1 aliphatic carbocycles. The standard InChI is InChI=1S/C17H25F3N4O3S/c1-22-13-9-12(24-16(25)15(21)11-5-3-2-4-6-11)7-8-14(13)28(26,27)23-10-17(18,19)20/h7-9,11,15,22-23H,2-6,10,21H2,1H3,(H,24,25)/t15-/m0/s1. The van der Waals surface area contributed by atoms with Gasteiger partial charge in [-0.2, -0.15) is 13.2 Å². The van der Waals surface area contributed by atoms with Gasteiger partial charge in [0.05, 0.1) is 11.7 Å². The number of carbonyl (C=O) groups is 1. The van der Waals surface area contributed by atoms with Gasteiger partial charge in [0.15, 0.2) is 0 Å². The third-order valence-corrected chi connectivity index (χ3v) is 6.19. The van der Waals surface area contributed by atoms with Gasteiger partial charge >= 0.3 is 6.18 Å². The van der Waals surface area contributed by atoms with Crippen molar-refractivity contribution in [1.29, 1.82) is 0 Å². The first kappa shape index (κ1) is 22.4. The smallest absolute Gasteiger partial charge is 0.387 e. The molecular weight excluding hydrogens is 397 g/mol. The number of halogens is 3. The average molecular weight is 422 g/mol. The Hall–Kier alpha value is -1.85. The SMILES string of the molecule is CNc1cc(NC(=O)[C@@H](N)C2CCCCC2)ccc1S(=O)(=O)NCC(F)(F)F. The van der Waals surface area contributed by atoms with Gasteiger partial charge in [-0.15, -0.1) is 0 Å². The van der Waals surface area contributed by atoms with Gasteiger partial charge in [0.1, 0.15) is 11.4 Å². The summed E-state index contributed by atoms with van der Waals surface area (Å²) in [6.07, 6.45) is 0.307. The van der Waals surface area contributed by atoms with Crippen molar-refractivity contribution in [3.63, 3.8) is 0 Å². The van der Waals surface area contributed by atoms with Gasteiger partial charge in [-0.3, -0.25) is 4.79 Å². The summed E-state index contributed by atoms with van der Waals surface area (Å²) >= 11 is 0. The lowest BCUT2D eigenvalue weighted by Gasteiger charge is -2.26. The Morgan fingerprint density at radius 3 is 2.46 bits per heavy atom. The van der Waals surface area contributed by atoms with E-state index in [1.165, 1.54) is 23.9 Å². The number of nitrogens with one attached hydrogen (secondary N) is 3. The molecule has 1 amide bonds. The van der Waals surface area contributed by atoms with Crippen LogP contribution in [-0.4, -0.2) is 40.1 Å². The minimum Gasteiger partial charge on any atom is -0.387 e. The van der Waals surface area contributed by atoms with E-state index in [1.807, 2.05) is 0 Å². The summed E-state index contributed by atoms with van der Waals surface area (Å²) < 4.78 is 62.8. The van der Waals surface area contributed by atoms with Crippen LogP contribution in [0.3, 0.4) is 0 Å². The van der Waals surface area contributed by atoms with Crippen molar-refractivity contribution in [2.24, 2.45) is 11.7 Å². The molecule has 1 aromatic carbocycles. The monoisotopic (exact) mass is 422 g/mol. The number of alkyl halides is 3. The van der Waals surface area contributed by atoms with Gasteiger partial charge in [0.2, 0.25) is 15.9 Å². The van der Waals surface area contributed by atoms with Crippen LogP contribution in [0.25, 0.3) is 0 Å². The maximum Gasteiger partial charge on any atom is 0.402 e. The van der Waals surface area contributed by atoms with Crippen molar-refractivity contribution in [2.75, 3.05) is 24.2 Å². The van der Waals surface area contributed by atoms with Gasteiger partial charge in [-0.05, 0) is 37.0 Å². The molecule has 1 aromatic rings. The Kier molecular flexibility index (Phi) is 7.29. The summed E-state index contributed by atoms with van der Waals surface area (Å²) in [5.41, 5.74) is 6.41. The second-order valence-electron chi connectivity index (χ2n) is 6.81. The van der Waals surface area contributed by atoms with E-state index in [1.54, 1.807) is 0 Å². The lowest BCUT2D eigenvalue weighted by molar-refractivity contribution is -0.121. The molecular formula is C17H25F3N4O3S. The summed E-state index contributed by atoms with van der Waals surface area (Å²) in [6.45, 7) is -1.67. The molecule has 1 saturated carbocycles. The number of amides is 1. The highest BCUT2D eigenvalue weighted by molar-refractivity contribution is 7.89. The molecule has 1 atom stereocenters. The van der Waals surface area contributed by atoms with Crippen LogP contribution in [0.5, 0.6) is 0 Å². The number of carbonyl (C=O) groups excluding carboxylic acids is 1. The van der Waals surface area contributed by atoms with Gasteiger partial charge in [-0.25, -0.2) is 13.1 Å². The highest BCUT2D eigenvalue weighted by Gasteiger charge is 2.31. The predicted octanol–water partition coefficient (Wildman–Crippen LogP) is 2.42. The number of nitrogens with two attached hydrogens (primary N) is 1. The van der Waals surface area contributed by atoms with Crippen LogP contribution in [-0.2, 0) is 14.8 Å². The minimum atomic E-state index is -4.67. The van der Waals surface area contributed by atoms with Crippen LogP contribution in [0.4, 0.5) is 24.5 Å². The quantitative estimate of drug-likeness (QED) is 0.539. The highest BCUT2D eigenvalue weighted by Crippen LogP contribution is 2.28. The molecule has 158 valence electrons. The lowest BCUT2D eigenvalue weighted by Crippen LogP contribution is -2.42. The molecule has 0 aromatic heterocycles. The Balaban J connectivity index is 2.12. The summed E-state index contributed by atoms with van der Waals surface area (Å²) in [4.78, 5) is 12.0. The van der Waals surface area contributed by atoms with Crippen LogP contribution in [0.1, 0.15) is 32.1 Å². The maximum atomic E-state index is 12.4. The zero-order chi connectivity index (χ0) is 20.9. The molecule has 5 N–H and O–H groups in total. The van der Waals surface area contributed by atoms with Crippen molar-refractivity contribution in [1.82, 2.24) is 4.72 Å². The fraction of sp³-hybridized carbons (Fsp3) is 0.588. The molecule has 0 bridgehead atoms. The zero-order valence-corrected chi connectivity index (χ0v) is 16.3. The second kappa shape index (κ2) is 9.10. The van der Waals surface area contributed by atoms with Crippen molar-refractivity contribution in [2.45, 2.75) is 49.2 Å². The first-order valence-electron chi connectivity index (χ1n) is 8.98.